The zero-order valence-electron chi connectivity index (χ0n) is 21.6. The Morgan fingerprint density at radius 2 is 1.44 bits per heavy atom. The van der Waals surface area contributed by atoms with Gasteiger partial charge in [0.15, 0.2) is 23.0 Å². The predicted octanol–water partition coefficient (Wildman–Crippen LogP) is 4.08. The summed E-state index contributed by atoms with van der Waals surface area (Å²) in [6, 6.07) is 11.7. The van der Waals surface area contributed by atoms with E-state index < -0.39 is 0 Å². The number of benzene rings is 2. The van der Waals surface area contributed by atoms with Gasteiger partial charge in [-0.25, -0.2) is 4.79 Å². The fraction of sp³-hybridized carbons (Fsp3) is 0.500. The standard InChI is InChI=1S/C26H39N3O5/c1-19(2)28(26(27)30)14-8-15-29(3,21-10-12-23(32-5)25(18-21)34-7)16-13-20-9-11-22(31-4)24(17-20)33-6/h9-12,17-19H,8,13-16H2,1-7H3,(H-,27,30)/p+1. The number of methoxy groups -OCH3 is 4. The number of urea groups is 1. The zero-order valence-corrected chi connectivity index (χ0v) is 21.6. The molecule has 2 amide bonds. The Labute approximate surface area is 203 Å². The highest BCUT2D eigenvalue weighted by Crippen LogP contribution is 2.34. The molecule has 0 heterocycles. The highest BCUT2D eigenvalue weighted by atomic mass is 16.5. The topological polar surface area (TPSA) is 83.3 Å². The first kappa shape index (κ1) is 27.1. The first-order valence-electron chi connectivity index (χ1n) is 11.5. The molecule has 8 heteroatoms. The lowest BCUT2D eigenvalue weighted by molar-refractivity contribution is 0.188. The second kappa shape index (κ2) is 12.4. The molecule has 2 rings (SSSR count). The molecular weight excluding hydrogens is 434 g/mol. The molecule has 0 bridgehead atoms. The summed E-state index contributed by atoms with van der Waals surface area (Å²) in [5, 5.41) is 0. The summed E-state index contributed by atoms with van der Waals surface area (Å²) < 4.78 is 22.5. The van der Waals surface area contributed by atoms with Gasteiger partial charge in [0.25, 0.3) is 0 Å². The number of quaternary nitrogens is 1. The predicted molar refractivity (Wildman–Crippen MR) is 136 cm³/mol. The summed E-state index contributed by atoms with van der Waals surface area (Å²) in [7, 11) is 8.75. The number of nitrogens with two attached hydrogens (primary N) is 1. The number of hydrogen-bond donors (Lipinski definition) is 1. The molecule has 0 aliphatic carbocycles. The van der Waals surface area contributed by atoms with Crippen LogP contribution in [0, 0.1) is 0 Å². The van der Waals surface area contributed by atoms with Gasteiger partial charge in [0, 0.05) is 37.6 Å². The van der Waals surface area contributed by atoms with Crippen molar-refractivity contribution in [3.05, 3.63) is 42.0 Å². The average Bonchev–Trinajstić information content (AvgIpc) is 2.84. The van der Waals surface area contributed by atoms with Gasteiger partial charge in [-0.15, -0.1) is 0 Å². The molecule has 1 atom stereocenters. The second-order valence-corrected chi connectivity index (χ2v) is 8.80. The number of rotatable bonds is 13. The molecule has 0 spiro atoms. The van der Waals surface area contributed by atoms with Crippen LogP contribution in [0.2, 0.25) is 0 Å². The first-order valence-corrected chi connectivity index (χ1v) is 11.5. The van der Waals surface area contributed by atoms with Crippen molar-refractivity contribution in [3.63, 3.8) is 0 Å². The second-order valence-electron chi connectivity index (χ2n) is 8.80. The minimum atomic E-state index is -0.388. The van der Waals surface area contributed by atoms with Gasteiger partial charge in [0.05, 0.1) is 48.6 Å². The minimum Gasteiger partial charge on any atom is -0.493 e. The molecule has 34 heavy (non-hydrogen) atoms. The molecule has 0 radical (unpaired) electrons. The number of ether oxygens (including phenoxy) is 4. The molecule has 2 aromatic carbocycles. The lowest BCUT2D eigenvalue weighted by Crippen LogP contribution is -2.49. The Bertz CT molecular complexity index is 950. The molecule has 0 fully saturated rings. The fourth-order valence-electron chi connectivity index (χ4n) is 4.16. The van der Waals surface area contributed by atoms with Crippen molar-refractivity contribution in [1.29, 1.82) is 0 Å². The number of carbonyl (C=O) groups excluding carboxylic acids is 1. The van der Waals surface area contributed by atoms with Crippen molar-refractivity contribution in [1.82, 2.24) is 9.38 Å². The summed E-state index contributed by atoms with van der Waals surface area (Å²) >= 11 is 0. The molecule has 8 nitrogen and oxygen atoms in total. The van der Waals surface area contributed by atoms with Gasteiger partial charge in [0.2, 0.25) is 0 Å². The van der Waals surface area contributed by atoms with Crippen LogP contribution in [0.4, 0.5) is 10.5 Å². The average molecular weight is 475 g/mol. The van der Waals surface area contributed by atoms with Crippen molar-refractivity contribution in [2.24, 2.45) is 5.73 Å². The molecule has 2 aromatic rings. The van der Waals surface area contributed by atoms with E-state index in [2.05, 4.69) is 19.2 Å². The van der Waals surface area contributed by atoms with E-state index in [-0.39, 0.29) is 12.1 Å². The summed E-state index contributed by atoms with van der Waals surface area (Å²) in [4.78, 5) is 13.5. The summed E-state index contributed by atoms with van der Waals surface area (Å²) in [5.41, 5.74) is 7.84. The Kier molecular flexibility index (Phi) is 9.86. The Hall–Kier alpha value is -3.13. The van der Waals surface area contributed by atoms with Crippen LogP contribution in [0.25, 0.3) is 0 Å². The Morgan fingerprint density at radius 3 is 1.97 bits per heavy atom. The number of likely N-dealkylation sites (N-methyl/N-ethyl adjacent to an activating group) is 1. The van der Waals surface area contributed by atoms with Crippen LogP contribution in [0.1, 0.15) is 25.8 Å². The van der Waals surface area contributed by atoms with E-state index in [0.29, 0.717) is 34.0 Å². The van der Waals surface area contributed by atoms with Gasteiger partial charge in [-0.05, 0) is 37.6 Å². The van der Waals surface area contributed by atoms with Crippen molar-refractivity contribution in [3.8, 4) is 23.0 Å². The Morgan fingerprint density at radius 1 is 0.882 bits per heavy atom. The van der Waals surface area contributed by atoms with Crippen LogP contribution >= 0.6 is 0 Å². The highest BCUT2D eigenvalue weighted by Gasteiger charge is 2.27. The number of hydrogen-bond acceptors (Lipinski definition) is 5. The minimum absolute atomic E-state index is 0.0594. The summed E-state index contributed by atoms with van der Waals surface area (Å²) in [6.07, 6.45) is 1.63. The van der Waals surface area contributed by atoms with Crippen LogP contribution in [0.3, 0.4) is 0 Å². The normalized spacial score (nSPS) is 12.7. The van der Waals surface area contributed by atoms with E-state index in [1.54, 1.807) is 33.3 Å². The monoisotopic (exact) mass is 474 g/mol. The van der Waals surface area contributed by atoms with Crippen LogP contribution in [-0.4, -0.2) is 72.1 Å². The summed E-state index contributed by atoms with van der Waals surface area (Å²) in [5.74, 6) is 2.81. The summed E-state index contributed by atoms with van der Waals surface area (Å²) in [6.45, 7) is 6.21. The SMILES string of the molecule is COc1ccc(CC[N+](C)(CCCN(C(N)=O)C(C)C)c2ccc(OC)c(OC)c2)cc1OC. The van der Waals surface area contributed by atoms with Crippen molar-refractivity contribution in [2.75, 3.05) is 55.1 Å². The lowest BCUT2D eigenvalue weighted by atomic mass is 10.1. The third-order valence-corrected chi connectivity index (χ3v) is 6.29. The van der Waals surface area contributed by atoms with E-state index in [1.807, 2.05) is 38.1 Å². The van der Waals surface area contributed by atoms with E-state index in [1.165, 1.54) is 0 Å². The first-order chi connectivity index (χ1) is 16.2. The van der Waals surface area contributed by atoms with Gasteiger partial charge in [0.1, 0.15) is 5.69 Å². The van der Waals surface area contributed by atoms with E-state index in [9.17, 15) is 4.79 Å². The zero-order chi connectivity index (χ0) is 25.3. The van der Waals surface area contributed by atoms with Gasteiger partial charge >= 0.3 is 6.03 Å². The maximum atomic E-state index is 11.8. The number of nitrogens with zero attached hydrogens (tertiary/aromatic N) is 2. The highest BCUT2D eigenvalue weighted by molar-refractivity contribution is 5.72. The largest absolute Gasteiger partial charge is 0.493 e. The third-order valence-electron chi connectivity index (χ3n) is 6.29. The Balaban J connectivity index is 2.30. The van der Waals surface area contributed by atoms with E-state index >= 15 is 0 Å². The maximum absolute atomic E-state index is 11.8. The lowest BCUT2D eigenvalue weighted by Gasteiger charge is -2.36. The van der Waals surface area contributed by atoms with Crippen LogP contribution < -0.4 is 29.2 Å². The van der Waals surface area contributed by atoms with Crippen molar-refractivity contribution < 1.29 is 23.7 Å². The number of amides is 2. The van der Waals surface area contributed by atoms with E-state index in [4.69, 9.17) is 24.7 Å². The molecule has 0 aliphatic heterocycles. The molecule has 2 N–H and O–H groups in total. The van der Waals surface area contributed by atoms with E-state index in [0.717, 1.165) is 37.2 Å². The molecule has 0 saturated carbocycles. The molecule has 0 aromatic heterocycles. The van der Waals surface area contributed by atoms with Gasteiger partial charge in [-0.1, -0.05) is 6.07 Å². The molecule has 0 saturated heterocycles. The number of carbonyl (C=O) groups is 1. The van der Waals surface area contributed by atoms with Gasteiger partial charge in [-0.3, -0.25) is 4.48 Å². The van der Waals surface area contributed by atoms with Crippen molar-refractivity contribution in [2.45, 2.75) is 32.7 Å². The van der Waals surface area contributed by atoms with Crippen LogP contribution in [0.15, 0.2) is 36.4 Å². The van der Waals surface area contributed by atoms with Crippen LogP contribution in [0.5, 0.6) is 23.0 Å². The molecular formula is C26H40N3O5+. The van der Waals surface area contributed by atoms with Gasteiger partial charge < -0.3 is 29.6 Å². The van der Waals surface area contributed by atoms with Gasteiger partial charge in [-0.2, -0.15) is 0 Å². The fourth-order valence-corrected chi connectivity index (χ4v) is 4.16. The third kappa shape index (κ3) is 6.70. The smallest absolute Gasteiger partial charge is 0.315 e. The molecule has 0 aliphatic rings. The molecule has 1 unspecified atom stereocenters. The number of primary amides is 1. The molecule has 188 valence electrons. The van der Waals surface area contributed by atoms with Crippen LogP contribution in [-0.2, 0) is 6.42 Å². The quantitative estimate of drug-likeness (QED) is 0.442. The maximum Gasteiger partial charge on any atom is 0.315 e. The van der Waals surface area contributed by atoms with Crippen molar-refractivity contribution >= 4 is 11.7 Å².